The second kappa shape index (κ2) is 8.03. The molecule has 21 heavy (non-hydrogen) atoms. The van der Waals surface area contributed by atoms with Crippen LogP contribution in [0.1, 0.15) is 24.8 Å². The summed E-state index contributed by atoms with van der Waals surface area (Å²) in [5.41, 5.74) is 1.02. The van der Waals surface area contributed by atoms with E-state index in [1.54, 1.807) is 7.11 Å². The largest absolute Gasteiger partial charge is 0.497 e. The Labute approximate surface area is 127 Å². The fourth-order valence-corrected chi connectivity index (χ4v) is 2.76. The van der Waals surface area contributed by atoms with Gasteiger partial charge in [0, 0.05) is 6.54 Å². The van der Waals surface area contributed by atoms with Gasteiger partial charge in [0.25, 0.3) is 0 Å². The maximum Gasteiger partial charge on any atom is 0.224 e. The van der Waals surface area contributed by atoms with Crippen LogP contribution < -0.4 is 10.1 Å². The highest BCUT2D eigenvalue weighted by molar-refractivity contribution is 5.78. The van der Waals surface area contributed by atoms with Crippen molar-refractivity contribution in [2.24, 2.45) is 5.92 Å². The minimum absolute atomic E-state index is 0.105. The lowest BCUT2D eigenvalue weighted by atomic mass is 9.94. The molecule has 0 aliphatic carbocycles. The molecule has 1 heterocycles. The number of piperidine rings is 1. The Bertz CT molecular complexity index is 437. The summed E-state index contributed by atoms with van der Waals surface area (Å²) >= 11 is 0. The molecule has 4 heteroatoms. The summed E-state index contributed by atoms with van der Waals surface area (Å²) in [6.07, 6.45) is 4.05. The number of carbonyl (C=O) groups is 1. The molecule has 0 unspecified atom stereocenters. The SMILES string of the molecule is COc1ccc(CC(=O)NCCC2CCN(C)CC2)cc1. The topological polar surface area (TPSA) is 41.6 Å². The highest BCUT2D eigenvalue weighted by Gasteiger charge is 2.16. The summed E-state index contributed by atoms with van der Waals surface area (Å²) < 4.78 is 5.11. The quantitative estimate of drug-likeness (QED) is 0.872. The zero-order chi connectivity index (χ0) is 15.1. The van der Waals surface area contributed by atoms with E-state index in [4.69, 9.17) is 4.74 Å². The second-order valence-electron chi connectivity index (χ2n) is 5.91. The Morgan fingerprint density at radius 1 is 1.29 bits per heavy atom. The summed E-state index contributed by atoms with van der Waals surface area (Å²) in [6, 6.07) is 7.66. The zero-order valence-corrected chi connectivity index (χ0v) is 13.1. The Balaban J connectivity index is 1.65. The molecule has 1 saturated heterocycles. The molecule has 0 bridgehead atoms. The van der Waals surface area contributed by atoms with Gasteiger partial charge in [0.15, 0.2) is 0 Å². The maximum atomic E-state index is 11.9. The molecule has 1 aromatic rings. The Kier molecular flexibility index (Phi) is 6.05. The van der Waals surface area contributed by atoms with Gasteiger partial charge in [-0.1, -0.05) is 12.1 Å². The van der Waals surface area contributed by atoms with E-state index in [0.29, 0.717) is 6.42 Å². The van der Waals surface area contributed by atoms with E-state index in [1.165, 1.54) is 25.9 Å². The molecule has 0 radical (unpaired) electrons. The average Bonchev–Trinajstić information content (AvgIpc) is 2.50. The van der Waals surface area contributed by atoms with Crippen LogP contribution in [-0.4, -0.2) is 44.6 Å². The van der Waals surface area contributed by atoms with Gasteiger partial charge in [-0.15, -0.1) is 0 Å². The number of benzene rings is 1. The molecule has 2 rings (SSSR count). The Hall–Kier alpha value is -1.55. The van der Waals surface area contributed by atoms with Gasteiger partial charge in [-0.25, -0.2) is 0 Å². The third-order valence-electron chi connectivity index (χ3n) is 4.24. The van der Waals surface area contributed by atoms with E-state index in [2.05, 4.69) is 17.3 Å². The number of ether oxygens (including phenoxy) is 1. The van der Waals surface area contributed by atoms with Crippen LogP contribution in [0.25, 0.3) is 0 Å². The van der Waals surface area contributed by atoms with E-state index in [-0.39, 0.29) is 5.91 Å². The number of hydrogen-bond acceptors (Lipinski definition) is 3. The van der Waals surface area contributed by atoms with Crippen LogP contribution in [0.2, 0.25) is 0 Å². The molecule has 1 aliphatic rings. The molecule has 1 aromatic carbocycles. The van der Waals surface area contributed by atoms with Gasteiger partial charge in [0.1, 0.15) is 5.75 Å². The molecule has 1 amide bonds. The van der Waals surface area contributed by atoms with Crippen molar-refractivity contribution < 1.29 is 9.53 Å². The van der Waals surface area contributed by atoms with E-state index in [9.17, 15) is 4.79 Å². The first-order valence-corrected chi connectivity index (χ1v) is 7.75. The molecule has 1 N–H and O–H groups in total. The smallest absolute Gasteiger partial charge is 0.224 e. The standard InChI is InChI=1S/C17H26N2O2/c1-19-11-8-14(9-12-19)7-10-18-17(20)13-15-3-5-16(21-2)6-4-15/h3-6,14H,7-13H2,1-2H3,(H,18,20). The first-order chi connectivity index (χ1) is 10.2. The highest BCUT2D eigenvalue weighted by Crippen LogP contribution is 2.18. The Morgan fingerprint density at radius 3 is 2.57 bits per heavy atom. The number of hydrogen-bond donors (Lipinski definition) is 1. The van der Waals surface area contributed by atoms with Crippen LogP contribution in [0.3, 0.4) is 0 Å². The predicted molar refractivity (Wildman–Crippen MR) is 84.5 cm³/mol. The fourth-order valence-electron chi connectivity index (χ4n) is 2.76. The van der Waals surface area contributed by atoms with Crippen molar-refractivity contribution in [2.75, 3.05) is 33.8 Å². The average molecular weight is 290 g/mol. The van der Waals surface area contributed by atoms with Crippen molar-refractivity contribution in [1.82, 2.24) is 10.2 Å². The van der Waals surface area contributed by atoms with Crippen molar-refractivity contribution >= 4 is 5.91 Å². The van der Waals surface area contributed by atoms with E-state index >= 15 is 0 Å². The summed E-state index contributed by atoms with van der Waals surface area (Å²) in [5, 5.41) is 3.03. The van der Waals surface area contributed by atoms with E-state index < -0.39 is 0 Å². The lowest BCUT2D eigenvalue weighted by Crippen LogP contribution is -2.33. The third-order valence-corrected chi connectivity index (χ3v) is 4.24. The summed E-state index contributed by atoms with van der Waals surface area (Å²) in [4.78, 5) is 14.3. The molecular formula is C17H26N2O2. The number of methoxy groups -OCH3 is 1. The molecule has 0 spiro atoms. The summed E-state index contributed by atoms with van der Waals surface area (Å²) in [6.45, 7) is 3.16. The van der Waals surface area contributed by atoms with Gasteiger partial charge in [-0.05, 0) is 63.0 Å². The van der Waals surface area contributed by atoms with Crippen LogP contribution in [0.4, 0.5) is 0 Å². The number of nitrogens with one attached hydrogen (secondary N) is 1. The first-order valence-electron chi connectivity index (χ1n) is 7.75. The van der Waals surface area contributed by atoms with Gasteiger partial charge < -0.3 is 15.0 Å². The summed E-state index contributed by atoms with van der Waals surface area (Å²) in [7, 11) is 3.82. The molecule has 0 saturated carbocycles. The van der Waals surface area contributed by atoms with Crippen molar-refractivity contribution in [3.05, 3.63) is 29.8 Å². The third kappa shape index (κ3) is 5.38. The fraction of sp³-hybridized carbons (Fsp3) is 0.588. The minimum Gasteiger partial charge on any atom is -0.497 e. The van der Waals surface area contributed by atoms with E-state index in [1.807, 2.05) is 24.3 Å². The van der Waals surface area contributed by atoms with Gasteiger partial charge in [0.05, 0.1) is 13.5 Å². The van der Waals surface area contributed by atoms with Crippen molar-refractivity contribution in [3.8, 4) is 5.75 Å². The zero-order valence-electron chi connectivity index (χ0n) is 13.1. The van der Waals surface area contributed by atoms with E-state index in [0.717, 1.165) is 30.2 Å². The van der Waals surface area contributed by atoms with Crippen LogP contribution in [0.15, 0.2) is 24.3 Å². The van der Waals surface area contributed by atoms with Gasteiger partial charge in [-0.2, -0.15) is 0 Å². The highest BCUT2D eigenvalue weighted by atomic mass is 16.5. The van der Waals surface area contributed by atoms with Gasteiger partial charge >= 0.3 is 0 Å². The van der Waals surface area contributed by atoms with Crippen molar-refractivity contribution in [3.63, 3.8) is 0 Å². The number of rotatable bonds is 6. The van der Waals surface area contributed by atoms with Crippen LogP contribution in [0.5, 0.6) is 5.75 Å². The summed E-state index contributed by atoms with van der Waals surface area (Å²) in [5.74, 6) is 1.69. The van der Waals surface area contributed by atoms with Gasteiger partial charge in [0.2, 0.25) is 5.91 Å². The molecule has 1 fully saturated rings. The lowest BCUT2D eigenvalue weighted by molar-refractivity contribution is -0.120. The molecule has 1 aliphatic heterocycles. The molecule has 4 nitrogen and oxygen atoms in total. The first kappa shape index (κ1) is 15.8. The number of nitrogens with zero attached hydrogens (tertiary/aromatic N) is 1. The number of likely N-dealkylation sites (tertiary alicyclic amines) is 1. The van der Waals surface area contributed by atoms with Crippen LogP contribution in [0, 0.1) is 5.92 Å². The van der Waals surface area contributed by atoms with Crippen molar-refractivity contribution in [1.29, 1.82) is 0 Å². The number of amides is 1. The predicted octanol–water partition coefficient (Wildman–Crippen LogP) is 2.09. The minimum atomic E-state index is 0.105. The Morgan fingerprint density at radius 2 is 1.95 bits per heavy atom. The van der Waals surface area contributed by atoms with Crippen LogP contribution in [-0.2, 0) is 11.2 Å². The molecular weight excluding hydrogens is 264 g/mol. The maximum absolute atomic E-state index is 11.9. The molecule has 116 valence electrons. The lowest BCUT2D eigenvalue weighted by Gasteiger charge is -2.28. The second-order valence-corrected chi connectivity index (χ2v) is 5.91. The van der Waals surface area contributed by atoms with Crippen LogP contribution >= 0.6 is 0 Å². The normalized spacial score (nSPS) is 16.7. The molecule has 0 aromatic heterocycles. The monoisotopic (exact) mass is 290 g/mol. The van der Waals surface area contributed by atoms with Gasteiger partial charge in [-0.3, -0.25) is 4.79 Å². The molecule has 0 atom stereocenters. The number of carbonyl (C=O) groups excluding carboxylic acids is 1. The van der Waals surface area contributed by atoms with Crippen molar-refractivity contribution in [2.45, 2.75) is 25.7 Å².